The first-order valence-corrected chi connectivity index (χ1v) is 13.1. The molecule has 1 fully saturated rings. The van der Waals surface area contributed by atoms with Gasteiger partial charge in [-0.15, -0.1) is 0 Å². The number of amidine groups is 1. The summed E-state index contributed by atoms with van der Waals surface area (Å²) >= 11 is 5.92. The van der Waals surface area contributed by atoms with Crippen LogP contribution in [0, 0.1) is 18.5 Å². The van der Waals surface area contributed by atoms with Gasteiger partial charge in [0.1, 0.15) is 12.4 Å². The maximum Gasteiger partial charge on any atom is 0.266 e. The van der Waals surface area contributed by atoms with Gasteiger partial charge in [-0.05, 0) is 109 Å². The summed E-state index contributed by atoms with van der Waals surface area (Å²) in [4.78, 5) is 20.2. The average Bonchev–Trinajstić information content (AvgIpc) is 3.01. The molecule has 8 heteroatoms. The van der Waals surface area contributed by atoms with Crippen LogP contribution in [0.25, 0.3) is 6.08 Å². The summed E-state index contributed by atoms with van der Waals surface area (Å²) in [6.45, 7) is 8.27. The number of nitriles is 1. The van der Waals surface area contributed by atoms with Crippen LogP contribution in [0.2, 0.25) is 0 Å². The van der Waals surface area contributed by atoms with Crippen LogP contribution < -0.4 is 4.74 Å². The van der Waals surface area contributed by atoms with Gasteiger partial charge in [-0.3, -0.25) is 14.7 Å². The quantitative estimate of drug-likeness (QED) is 0.262. The molecule has 1 heterocycles. The van der Waals surface area contributed by atoms with Crippen LogP contribution in [-0.2, 0) is 11.4 Å². The molecule has 0 radical (unpaired) electrons. The lowest BCUT2D eigenvalue weighted by atomic mass is 10.1. The number of hydrogen-bond acceptors (Lipinski definition) is 5. The van der Waals surface area contributed by atoms with Gasteiger partial charge in [0.15, 0.2) is 5.17 Å². The second-order valence-corrected chi connectivity index (χ2v) is 11.2. The summed E-state index contributed by atoms with van der Waals surface area (Å²) in [5, 5.41) is 10.1. The summed E-state index contributed by atoms with van der Waals surface area (Å²) in [6.07, 6.45) is 1.89. The third-order valence-electron chi connectivity index (χ3n) is 4.56. The number of amides is 1. The third kappa shape index (κ3) is 5.85. The van der Waals surface area contributed by atoms with E-state index in [9.17, 15) is 10.1 Å². The van der Waals surface area contributed by atoms with Crippen molar-refractivity contribution in [1.82, 2.24) is 4.90 Å². The summed E-state index contributed by atoms with van der Waals surface area (Å²) < 4.78 is 8.19. The Bertz CT molecular complexity index is 1140. The Morgan fingerprint density at radius 3 is 2.59 bits per heavy atom. The second-order valence-electron chi connectivity index (χ2n) is 7.75. The van der Waals surface area contributed by atoms with Gasteiger partial charge >= 0.3 is 0 Å². The molecule has 2 aromatic carbocycles. The van der Waals surface area contributed by atoms with Gasteiger partial charge in [-0.2, -0.15) is 5.26 Å². The van der Waals surface area contributed by atoms with E-state index in [1.54, 1.807) is 11.0 Å². The van der Waals surface area contributed by atoms with Crippen LogP contribution in [0.5, 0.6) is 5.75 Å². The average molecular weight is 671 g/mol. The van der Waals surface area contributed by atoms with Crippen molar-refractivity contribution in [3.05, 3.63) is 65.1 Å². The highest BCUT2D eigenvalue weighted by atomic mass is 127. The molecule has 2 aromatic rings. The molecule has 0 N–H and O–H groups in total. The number of aliphatic imine (C=N–C) groups is 1. The van der Waals surface area contributed by atoms with Crippen LogP contribution in [0.15, 0.2) is 46.3 Å². The number of benzene rings is 2. The smallest absolute Gasteiger partial charge is 0.266 e. The van der Waals surface area contributed by atoms with E-state index in [0.717, 1.165) is 23.4 Å². The molecule has 0 bridgehead atoms. The minimum absolute atomic E-state index is 0.0210. The number of carbonyl (C=O) groups excluding carboxylic acids is 1. The van der Waals surface area contributed by atoms with Gasteiger partial charge in [-0.1, -0.05) is 18.2 Å². The van der Waals surface area contributed by atoms with E-state index in [4.69, 9.17) is 4.74 Å². The predicted octanol–water partition coefficient (Wildman–Crippen LogP) is 6.44. The molecule has 0 unspecified atom stereocenters. The highest BCUT2D eigenvalue weighted by Crippen LogP contribution is 2.37. The molecule has 0 atom stereocenters. The summed E-state index contributed by atoms with van der Waals surface area (Å²) in [7, 11) is 0. The molecule has 1 saturated heterocycles. The molecule has 3 rings (SSSR count). The molecule has 1 aliphatic rings. The van der Waals surface area contributed by atoms with Crippen molar-refractivity contribution in [2.24, 2.45) is 4.99 Å². The fraction of sp³-hybridized carbons (Fsp3) is 0.292. The zero-order valence-electron chi connectivity index (χ0n) is 18.2. The van der Waals surface area contributed by atoms with Gasteiger partial charge < -0.3 is 4.74 Å². The molecule has 0 saturated carbocycles. The van der Waals surface area contributed by atoms with Crippen LogP contribution in [-0.4, -0.2) is 28.1 Å². The molecule has 5 nitrogen and oxygen atoms in total. The van der Waals surface area contributed by atoms with Crippen LogP contribution in [0.4, 0.5) is 0 Å². The monoisotopic (exact) mass is 671 g/mol. The van der Waals surface area contributed by atoms with E-state index in [1.807, 2.05) is 64.1 Å². The Hall–Kier alpha value is -1.58. The van der Waals surface area contributed by atoms with Gasteiger partial charge in [-0.25, -0.2) is 0 Å². The molecule has 0 aliphatic carbocycles. The largest absolute Gasteiger partial charge is 0.487 e. The van der Waals surface area contributed by atoms with Gasteiger partial charge in [0.25, 0.3) is 5.91 Å². The first kappa shape index (κ1) is 25.1. The SMILES string of the molecule is CC(C)N=C1S/C(=C/c2cc(I)cc(I)c2OCc2ccccc2C#N)C(=O)N1C(C)C. The second kappa shape index (κ2) is 11.0. The highest BCUT2D eigenvalue weighted by Gasteiger charge is 2.35. The van der Waals surface area contributed by atoms with Crippen molar-refractivity contribution in [2.75, 3.05) is 0 Å². The number of ether oxygens (including phenoxy) is 1. The Morgan fingerprint density at radius 2 is 1.94 bits per heavy atom. The fourth-order valence-electron chi connectivity index (χ4n) is 3.14. The van der Waals surface area contributed by atoms with Crippen molar-refractivity contribution in [3.8, 4) is 11.8 Å². The van der Waals surface area contributed by atoms with Crippen molar-refractivity contribution in [1.29, 1.82) is 5.26 Å². The number of hydrogen-bond donors (Lipinski definition) is 0. The first-order valence-electron chi connectivity index (χ1n) is 10.1. The number of thioether (sulfide) groups is 1. The van der Waals surface area contributed by atoms with E-state index in [-0.39, 0.29) is 24.6 Å². The maximum atomic E-state index is 13.2. The van der Waals surface area contributed by atoms with Crippen LogP contribution >= 0.6 is 56.9 Å². The van der Waals surface area contributed by atoms with E-state index >= 15 is 0 Å². The summed E-state index contributed by atoms with van der Waals surface area (Å²) in [5.41, 5.74) is 2.25. The normalized spacial score (nSPS) is 16.5. The van der Waals surface area contributed by atoms with Gasteiger partial charge in [0, 0.05) is 26.8 Å². The minimum Gasteiger partial charge on any atom is -0.487 e. The van der Waals surface area contributed by atoms with Crippen molar-refractivity contribution in [3.63, 3.8) is 0 Å². The van der Waals surface area contributed by atoms with Crippen molar-refractivity contribution >= 4 is 74.1 Å². The van der Waals surface area contributed by atoms with Gasteiger partial charge in [0.2, 0.25) is 0 Å². The predicted molar refractivity (Wildman–Crippen MR) is 147 cm³/mol. The molecule has 0 spiro atoms. The first-order chi connectivity index (χ1) is 15.2. The fourth-order valence-corrected chi connectivity index (χ4v) is 6.41. The molecule has 32 heavy (non-hydrogen) atoms. The maximum absolute atomic E-state index is 13.2. The standard InChI is InChI=1S/C24H23I2N3O2S/c1-14(2)28-24-29(15(3)4)23(30)21(32-24)10-18-9-19(25)11-20(26)22(18)31-13-17-8-6-5-7-16(17)12-27/h5-11,14-15H,13H2,1-4H3/b21-10+,28-24?. The molecule has 1 aliphatic heterocycles. The molecule has 1 amide bonds. The van der Waals surface area contributed by atoms with E-state index in [0.29, 0.717) is 16.2 Å². The minimum atomic E-state index is -0.0426. The number of halogens is 2. The van der Waals surface area contributed by atoms with Crippen LogP contribution in [0.3, 0.4) is 0 Å². The summed E-state index contributed by atoms with van der Waals surface area (Å²) in [6, 6.07) is 13.8. The van der Waals surface area contributed by atoms with Crippen molar-refractivity contribution in [2.45, 2.75) is 46.4 Å². The number of nitrogens with zero attached hydrogens (tertiary/aromatic N) is 3. The van der Waals surface area contributed by atoms with Gasteiger partial charge in [0.05, 0.1) is 20.1 Å². The van der Waals surface area contributed by atoms with Crippen LogP contribution in [0.1, 0.15) is 44.4 Å². The Morgan fingerprint density at radius 1 is 1.22 bits per heavy atom. The topological polar surface area (TPSA) is 65.7 Å². The zero-order chi connectivity index (χ0) is 23.4. The summed E-state index contributed by atoms with van der Waals surface area (Å²) in [5.74, 6) is 0.657. The molecular weight excluding hydrogens is 648 g/mol. The Balaban J connectivity index is 1.98. The number of carbonyl (C=O) groups is 1. The van der Waals surface area contributed by atoms with Crippen molar-refractivity contribution < 1.29 is 9.53 Å². The lowest BCUT2D eigenvalue weighted by Gasteiger charge is -2.20. The number of rotatable bonds is 6. The van der Waals surface area contributed by atoms with E-state index < -0.39 is 0 Å². The molecule has 166 valence electrons. The van der Waals surface area contributed by atoms with E-state index in [1.165, 1.54) is 11.8 Å². The molecule has 0 aromatic heterocycles. The Kier molecular flexibility index (Phi) is 8.63. The lowest BCUT2D eigenvalue weighted by Crippen LogP contribution is -2.35. The third-order valence-corrected chi connectivity index (χ3v) is 6.98. The lowest BCUT2D eigenvalue weighted by molar-refractivity contribution is -0.123. The van der Waals surface area contributed by atoms with E-state index in [2.05, 4.69) is 56.2 Å². The molecular formula is C24H23I2N3O2S. The highest BCUT2D eigenvalue weighted by molar-refractivity contribution is 14.1. The zero-order valence-corrected chi connectivity index (χ0v) is 23.4. The Labute approximate surface area is 220 Å².